The van der Waals surface area contributed by atoms with E-state index in [1.807, 2.05) is 27.7 Å². The number of hydrogen-bond donors (Lipinski definition) is 2. The zero-order chi connectivity index (χ0) is 17.3. The van der Waals surface area contributed by atoms with Crippen molar-refractivity contribution in [2.75, 3.05) is 0 Å². The second-order valence-electron chi connectivity index (χ2n) is 4.27. The van der Waals surface area contributed by atoms with Crippen LogP contribution in [0.25, 0.3) is 0 Å². The summed E-state index contributed by atoms with van der Waals surface area (Å²) >= 11 is 0. The largest absolute Gasteiger partial charge is 0.481 e. The van der Waals surface area contributed by atoms with Gasteiger partial charge in [-0.25, -0.2) is 0 Å². The van der Waals surface area contributed by atoms with E-state index in [1.165, 1.54) is 0 Å². The molecule has 6 heteroatoms. The molecule has 0 aromatic carbocycles. The molecule has 2 N–H and O–H groups in total. The number of carbonyl (C=O) groups is 4. The van der Waals surface area contributed by atoms with E-state index in [4.69, 9.17) is 10.2 Å². The van der Waals surface area contributed by atoms with Gasteiger partial charge < -0.3 is 19.8 Å². The van der Waals surface area contributed by atoms with Crippen LogP contribution >= 0.6 is 0 Å². The summed E-state index contributed by atoms with van der Waals surface area (Å²) in [6, 6.07) is 0. The van der Waals surface area contributed by atoms with Gasteiger partial charge >= 0.3 is 11.9 Å². The first-order chi connectivity index (χ1) is 9.85. The van der Waals surface area contributed by atoms with Gasteiger partial charge in [-0.15, -0.1) is 0 Å². The highest BCUT2D eigenvalue weighted by Gasteiger charge is 2.10. The van der Waals surface area contributed by atoms with Crippen molar-refractivity contribution in [1.82, 2.24) is 0 Å². The Morgan fingerprint density at radius 3 is 1.00 bits per heavy atom. The lowest BCUT2D eigenvalue weighted by Gasteiger charge is -2.02. The van der Waals surface area contributed by atoms with E-state index in [0.29, 0.717) is 12.6 Å². The van der Waals surface area contributed by atoms with Crippen LogP contribution in [0.4, 0.5) is 0 Å². The monoisotopic (exact) mass is 304 g/mol. The molecule has 21 heavy (non-hydrogen) atoms. The number of carboxylic acid groups (broad SMARTS) is 2. The molecule has 0 aromatic heterocycles. The molecule has 0 saturated heterocycles. The van der Waals surface area contributed by atoms with Crippen molar-refractivity contribution >= 4 is 24.5 Å². The molecular weight excluding hydrogens is 276 g/mol. The van der Waals surface area contributed by atoms with Gasteiger partial charge in [0, 0.05) is 0 Å². The predicted octanol–water partition coefficient (Wildman–Crippen LogP) is 2.79. The van der Waals surface area contributed by atoms with Crippen molar-refractivity contribution in [2.45, 2.75) is 59.8 Å². The third-order valence-corrected chi connectivity index (χ3v) is 2.86. The van der Waals surface area contributed by atoms with Gasteiger partial charge in [-0.1, -0.05) is 27.7 Å². The Morgan fingerprint density at radius 1 is 0.762 bits per heavy atom. The van der Waals surface area contributed by atoms with Crippen LogP contribution in [0.3, 0.4) is 0 Å². The molecule has 0 atom stereocenters. The molecule has 0 spiro atoms. The number of rotatable bonds is 8. The average Bonchev–Trinajstić information content (AvgIpc) is 2.43. The van der Waals surface area contributed by atoms with Crippen LogP contribution in [0.15, 0.2) is 0 Å². The molecule has 0 amide bonds. The minimum Gasteiger partial charge on any atom is -0.481 e. The SMILES string of the molecule is CCC(CC)C(=O)O.CCC(CC)C(=O)O.O=CCC=O. The van der Waals surface area contributed by atoms with Crippen LogP contribution in [-0.2, 0) is 19.2 Å². The van der Waals surface area contributed by atoms with Gasteiger partial charge in [0.1, 0.15) is 12.6 Å². The van der Waals surface area contributed by atoms with E-state index in [9.17, 15) is 19.2 Å². The van der Waals surface area contributed by atoms with Gasteiger partial charge in [0.15, 0.2) is 0 Å². The van der Waals surface area contributed by atoms with Crippen molar-refractivity contribution in [1.29, 1.82) is 0 Å². The summed E-state index contributed by atoms with van der Waals surface area (Å²) in [4.78, 5) is 38.7. The first-order valence-electron chi connectivity index (χ1n) is 7.18. The summed E-state index contributed by atoms with van der Waals surface area (Å²) in [5.41, 5.74) is 0. The second kappa shape index (κ2) is 18.3. The molecule has 0 saturated carbocycles. The molecule has 124 valence electrons. The first kappa shape index (κ1) is 24.3. The van der Waals surface area contributed by atoms with E-state index < -0.39 is 11.9 Å². The zero-order valence-electron chi connectivity index (χ0n) is 13.4. The summed E-state index contributed by atoms with van der Waals surface area (Å²) in [6.07, 6.45) is 4.12. The van der Waals surface area contributed by atoms with Crippen LogP contribution < -0.4 is 0 Å². The third kappa shape index (κ3) is 18.3. The lowest BCUT2D eigenvalue weighted by Crippen LogP contribution is -2.10. The van der Waals surface area contributed by atoms with E-state index in [0.717, 1.165) is 25.7 Å². The fourth-order valence-corrected chi connectivity index (χ4v) is 1.32. The number of carboxylic acids is 2. The Bertz CT molecular complexity index is 252. The fraction of sp³-hybridized carbons (Fsp3) is 0.733. The van der Waals surface area contributed by atoms with Crippen LogP contribution in [0.2, 0.25) is 0 Å². The Morgan fingerprint density at radius 2 is 1.00 bits per heavy atom. The Hall–Kier alpha value is -1.72. The van der Waals surface area contributed by atoms with Crippen molar-refractivity contribution < 1.29 is 29.4 Å². The quantitative estimate of drug-likeness (QED) is 0.527. The molecule has 0 aliphatic carbocycles. The molecule has 0 radical (unpaired) electrons. The van der Waals surface area contributed by atoms with E-state index in [2.05, 4.69) is 0 Å². The molecule has 0 aliphatic rings. The summed E-state index contributed by atoms with van der Waals surface area (Å²) in [6.45, 7) is 7.56. The number of aldehydes is 2. The lowest BCUT2D eigenvalue weighted by atomic mass is 10.1. The minimum atomic E-state index is -0.671. The van der Waals surface area contributed by atoms with Crippen molar-refractivity contribution in [3.8, 4) is 0 Å². The van der Waals surface area contributed by atoms with Crippen LogP contribution in [-0.4, -0.2) is 34.7 Å². The first-order valence-corrected chi connectivity index (χ1v) is 7.18. The molecule has 0 rings (SSSR count). The fourth-order valence-electron chi connectivity index (χ4n) is 1.32. The summed E-state index contributed by atoms with van der Waals surface area (Å²) in [7, 11) is 0. The van der Waals surface area contributed by atoms with Crippen LogP contribution in [0.5, 0.6) is 0 Å². The minimum absolute atomic E-state index is 0.0278. The smallest absolute Gasteiger partial charge is 0.306 e. The topological polar surface area (TPSA) is 109 Å². The Balaban J connectivity index is -0.000000239. The van der Waals surface area contributed by atoms with Gasteiger partial charge in [-0.05, 0) is 25.7 Å². The van der Waals surface area contributed by atoms with Gasteiger partial charge in [-0.3, -0.25) is 9.59 Å². The molecule has 0 fully saturated rings. The maximum absolute atomic E-state index is 10.2. The zero-order valence-corrected chi connectivity index (χ0v) is 13.4. The van der Waals surface area contributed by atoms with Crippen molar-refractivity contribution in [3.05, 3.63) is 0 Å². The number of aliphatic carboxylic acids is 2. The van der Waals surface area contributed by atoms with E-state index in [1.54, 1.807) is 0 Å². The second-order valence-corrected chi connectivity index (χ2v) is 4.27. The predicted molar refractivity (Wildman–Crippen MR) is 80.2 cm³/mol. The highest BCUT2D eigenvalue weighted by molar-refractivity contribution is 5.72. The van der Waals surface area contributed by atoms with Gasteiger partial charge in [0.2, 0.25) is 0 Å². The summed E-state index contributed by atoms with van der Waals surface area (Å²) < 4.78 is 0. The summed E-state index contributed by atoms with van der Waals surface area (Å²) in [5.74, 6) is -1.60. The molecular formula is C15H28O6. The summed E-state index contributed by atoms with van der Waals surface area (Å²) in [5, 5.41) is 16.7. The van der Waals surface area contributed by atoms with E-state index >= 15 is 0 Å². The number of hydrogen-bond acceptors (Lipinski definition) is 4. The molecule has 0 heterocycles. The van der Waals surface area contributed by atoms with Gasteiger partial charge in [0.05, 0.1) is 18.3 Å². The van der Waals surface area contributed by atoms with Gasteiger partial charge in [-0.2, -0.15) is 0 Å². The highest BCUT2D eigenvalue weighted by atomic mass is 16.4. The Kier molecular flexibility index (Phi) is 21.2. The molecule has 0 bridgehead atoms. The van der Waals surface area contributed by atoms with E-state index in [-0.39, 0.29) is 18.3 Å². The van der Waals surface area contributed by atoms with Crippen LogP contribution in [0.1, 0.15) is 59.8 Å². The molecule has 0 aliphatic heterocycles. The van der Waals surface area contributed by atoms with Crippen molar-refractivity contribution in [3.63, 3.8) is 0 Å². The molecule has 6 nitrogen and oxygen atoms in total. The molecule has 0 aromatic rings. The maximum atomic E-state index is 10.2. The lowest BCUT2D eigenvalue weighted by molar-refractivity contribution is -0.142. The van der Waals surface area contributed by atoms with Crippen molar-refractivity contribution in [2.24, 2.45) is 11.8 Å². The highest BCUT2D eigenvalue weighted by Crippen LogP contribution is 2.06. The Labute approximate surface area is 126 Å². The number of carbonyl (C=O) groups excluding carboxylic acids is 2. The van der Waals surface area contributed by atoms with Crippen LogP contribution in [0, 0.1) is 11.8 Å². The third-order valence-electron chi connectivity index (χ3n) is 2.86. The average molecular weight is 304 g/mol. The molecule has 0 unspecified atom stereocenters. The maximum Gasteiger partial charge on any atom is 0.306 e. The van der Waals surface area contributed by atoms with Gasteiger partial charge in [0.25, 0.3) is 0 Å². The normalized spacial score (nSPS) is 9.05. The standard InChI is InChI=1S/2C6H12O2.C3H4O2/c2*1-3-5(4-2)6(7)8;4-2-1-3-5/h2*5H,3-4H2,1-2H3,(H,7,8);2-3H,1H2.